The molecule has 2 N–H and O–H groups in total. The molecule has 208 valence electrons. The van der Waals surface area contributed by atoms with Crippen LogP contribution in [0.25, 0.3) is 11.1 Å². The smallest absolute Gasteiger partial charge is 0.254 e. The molecular weight excluding hydrogens is 486 g/mol. The van der Waals surface area contributed by atoms with E-state index in [1.807, 2.05) is 17.0 Å². The summed E-state index contributed by atoms with van der Waals surface area (Å²) in [4.78, 5) is 29.1. The lowest BCUT2D eigenvalue weighted by atomic mass is 9.74. The molecule has 2 aliphatic heterocycles. The quantitative estimate of drug-likeness (QED) is 0.585. The number of hydrogen-bond acceptors (Lipinski definition) is 4. The Morgan fingerprint density at radius 1 is 0.718 bits per heavy atom. The van der Waals surface area contributed by atoms with Crippen LogP contribution in [0, 0.1) is 0 Å². The van der Waals surface area contributed by atoms with Crippen molar-refractivity contribution in [2.24, 2.45) is 0 Å². The van der Waals surface area contributed by atoms with E-state index in [9.17, 15) is 14.7 Å². The van der Waals surface area contributed by atoms with Crippen LogP contribution in [-0.4, -0.2) is 65.0 Å². The average molecular weight is 530 g/mol. The summed E-state index contributed by atoms with van der Waals surface area (Å²) in [6, 6.07) is 15.0. The molecule has 0 aromatic heterocycles. The number of aliphatic hydroxyl groups is 1. The van der Waals surface area contributed by atoms with E-state index >= 15 is 0 Å². The monoisotopic (exact) mass is 529 g/mol. The SMILES string of the molecule is O=C(c1ccc(-c2ccc3c(c2)CCNC32CCCCCCCCC2)cc1)N1CCN(C(=O)C2(O)CC2)CC1. The largest absolute Gasteiger partial charge is 0.380 e. The van der Waals surface area contributed by atoms with Crippen LogP contribution in [0.1, 0.15) is 92.1 Å². The van der Waals surface area contributed by atoms with Gasteiger partial charge >= 0.3 is 0 Å². The van der Waals surface area contributed by atoms with Crippen LogP contribution in [-0.2, 0) is 16.8 Å². The van der Waals surface area contributed by atoms with Crippen molar-refractivity contribution in [3.8, 4) is 11.1 Å². The van der Waals surface area contributed by atoms with Crippen LogP contribution in [0.3, 0.4) is 0 Å². The summed E-state index contributed by atoms with van der Waals surface area (Å²) in [5.41, 5.74) is 5.02. The Morgan fingerprint density at radius 3 is 1.95 bits per heavy atom. The Hall–Kier alpha value is -2.70. The topological polar surface area (TPSA) is 72.9 Å². The average Bonchev–Trinajstić information content (AvgIpc) is 3.74. The number of hydrogen-bond donors (Lipinski definition) is 2. The fourth-order valence-corrected chi connectivity index (χ4v) is 7.01. The van der Waals surface area contributed by atoms with Gasteiger partial charge in [0.25, 0.3) is 11.8 Å². The summed E-state index contributed by atoms with van der Waals surface area (Å²) in [6.07, 6.45) is 14.1. The Morgan fingerprint density at radius 2 is 1.31 bits per heavy atom. The van der Waals surface area contributed by atoms with Crippen molar-refractivity contribution in [1.29, 1.82) is 0 Å². The van der Waals surface area contributed by atoms with E-state index in [-0.39, 0.29) is 17.4 Å². The molecule has 0 atom stereocenters. The van der Waals surface area contributed by atoms with Gasteiger partial charge in [-0.1, -0.05) is 75.3 Å². The van der Waals surface area contributed by atoms with Crippen molar-refractivity contribution in [1.82, 2.24) is 15.1 Å². The number of piperazine rings is 1. The summed E-state index contributed by atoms with van der Waals surface area (Å²) in [5.74, 6) is -0.167. The molecule has 6 heteroatoms. The Labute approximate surface area is 232 Å². The summed E-state index contributed by atoms with van der Waals surface area (Å²) in [7, 11) is 0. The van der Waals surface area contributed by atoms with Crippen LogP contribution in [0.4, 0.5) is 0 Å². The number of nitrogens with one attached hydrogen (secondary N) is 1. The lowest BCUT2D eigenvalue weighted by molar-refractivity contribution is -0.143. The molecule has 3 fully saturated rings. The van der Waals surface area contributed by atoms with Gasteiger partial charge in [0.15, 0.2) is 0 Å². The zero-order valence-electron chi connectivity index (χ0n) is 23.2. The molecule has 6 nitrogen and oxygen atoms in total. The second-order valence-corrected chi connectivity index (χ2v) is 12.3. The van der Waals surface area contributed by atoms with E-state index in [2.05, 4.69) is 35.6 Å². The Balaban J connectivity index is 1.13. The number of carbonyl (C=O) groups is 2. The van der Waals surface area contributed by atoms with E-state index in [0.29, 0.717) is 44.6 Å². The third kappa shape index (κ3) is 5.51. The number of carbonyl (C=O) groups excluding carboxylic acids is 2. The highest BCUT2D eigenvalue weighted by molar-refractivity contribution is 5.95. The van der Waals surface area contributed by atoms with Crippen molar-refractivity contribution in [2.45, 2.75) is 88.2 Å². The first-order chi connectivity index (χ1) is 19.0. The number of nitrogens with zero attached hydrogens (tertiary/aromatic N) is 2. The minimum absolute atomic E-state index is 0.00763. The lowest BCUT2D eigenvalue weighted by Crippen LogP contribution is -2.53. The number of amides is 2. The van der Waals surface area contributed by atoms with Crippen molar-refractivity contribution < 1.29 is 14.7 Å². The van der Waals surface area contributed by atoms with Crippen LogP contribution in [0.15, 0.2) is 42.5 Å². The molecule has 1 saturated heterocycles. The highest BCUT2D eigenvalue weighted by Crippen LogP contribution is 2.40. The molecule has 0 radical (unpaired) electrons. The van der Waals surface area contributed by atoms with Crippen molar-refractivity contribution in [3.63, 3.8) is 0 Å². The minimum Gasteiger partial charge on any atom is -0.380 e. The van der Waals surface area contributed by atoms with Gasteiger partial charge in [-0.15, -0.1) is 0 Å². The molecule has 1 spiro atoms. The number of rotatable bonds is 3. The van der Waals surface area contributed by atoms with Crippen molar-refractivity contribution in [3.05, 3.63) is 59.2 Å². The van der Waals surface area contributed by atoms with E-state index in [4.69, 9.17) is 0 Å². The number of fused-ring (bicyclic) bond motifs is 2. The van der Waals surface area contributed by atoms with Crippen LogP contribution >= 0.6 is 0 Å². The van der Waals surface area contributed by atoms with E-state index in [1.165, 1.54) is 74.5 Å². The second kappa shape index (κ2) is 11.1. The van der Waals surface area contributed by atoms with E-state index < -0.39 is 5.60 Å². The molecule has 2 heterocycles. The zero-order chi connectivity index (χ0) is 26.9. The molecule has 2 amide bonds. The maximum Gasteiger partial charge on any atom is 0.254 e. The molecule has 6 rings (SSSR count). The highest BCUT2D eigenvalue weighted by atomic mass is 16.3. The summed E-state index contributed by atoms with van der Waals surface area (Å²) >= 11 is 0. The molecule has 2 aromatic carbocycles. The molecule has 0 bridgehead atoms. The zero-order valence-corrected chi connectivity index (χ0v) is 23.2. The molecule has 39 heavy (non-hydrogen) atoms. The molecule has 0 unspecified atom stereocenters. The van der Waals surface area contributed by atoms with E-state index in [1.54, 1.807) is 4.90 Å². The van der Waals surface area contributed by atoms with Gasteiger partial charge in [-0.2, -0.15) is 0 Å². The lowest BCUT2D eigenvalue weighted by Gasteiger charge is -2.41. The predicted molar refractivity (Wildman–Crippen MR) is 153 cm³/mol. The molecule has 4 aliphatic rings. The highest BCUT2D eigenvalue weighted by Gasteiger charge is 2.50. The molecular formula is C33H43N3O3. The van der Waals surface area contributed by atoms with Gasteiger partial charge in [0, 0.05) is 43.8 Å². The maximum atomic E-state index is 13.2. The van der Waals surface area contributed by atoms with E-state index in [0.717, 1.165) is 18.5 Å². The standard InChI is InChI=1S/C33H43N3O3/c37-30(35-20-22-36(23-21-35)31(38)33(39)17-18-33)26-10-8-25(9-11-26)27-12-13-29-28(24-27)14-19-34-32(29)15-6-4-2-1-3-5-7-16-32/h8-13,24,34,39H,1-7,14-23H2. The van der Waals surface area contributed by atoms with Crippen molar-refractivity contribution >= 4 is 11.8 Å². The third-order valence-electron chi connectivity index (χ3n) is 9.63. The second-order valence-electron chi connectivity index (χ2n) is 12.3. The van der Waals surface area contributed by atoms with Gasteiger partial charge < -0.3 is 20.2 Å². The third-order valence-corrected chi connectivity index (χ3v) is 9.63. The maximum absolute atomic E-state index is 13.2. The summed E-state index contributed by atoms with van der Waals surface area (Å²) in [6.45, 7) is 3.01. The summed E-state index contributed by atoms with van der Waals surface area (Å²) in [5, 5.41) is 14.1. The van der Waals surface area contributed by atoms with Gasteiger partial charge in [-0.25, -0.2) is 0 Å². The first kappa shape index (κ1) is 26.5. The van der Waals surface area contributed by atoms with Crippen LogP contribution in [0.2, 0.25) is 0 Å². The molecule has 2 aromatic rings. The van der Waals surface area contributed by atoms with Gasteiger partial charge in [-0.05, 0) is 66.5 Å². The van der Waals surface area contributed by atoms with Gasteiger partial charge in [0.05, 0.1) is 0 Å². The van der Waals surface area contributed by atoms with Gasteiger partial charge in [-0.3, -0.25) is 9.59 Å². The first-order valence-electron chi connectivity index (χ1n) is 15.3. The summed E-state index contributed by atoms with van der Waals surface area (Å²) < 4.78 is 0. The molecule has 2 saturated carbocycles. The Kier molecular flexibility index (Phi) is 7.52. The number of benzene rings is 2. The normalized spacial score (nSPS) is 22.7. The Bertz CT molecular complexity index is 1190. The minimum atomic E-state index is -1.14. The fraction of sp³-hybridized carbons (Fsp3) is 0.576. The van der Waals surface area contributed by atoms with Gasteiger partial charge in [0.2, 0.25) is 0 Å². The fourth-order valence-electron chi connectivity index (χ4n) is 7.01. The van der Waals surface area contributed by atoms with Crippen molar-refractivity contribution in [2.75, 3.05) is 32.7 Å². The first-order valence-corrected chi connectivity index (χ1v) is 15.3. The van der Waals surface area contributed by atoms with Crippen LogP contribution < -0.4 is 5.32 Å². The molecule has 2 aliphatic carbocycles. The van der Waals surface area contributed by atoms with Crippen LogP contribution in [0.5, 0.6) is 0 Å². The van der Waals surface area contributed by atoms with Gasteiger partial charge in [0.1, 0.15) is 5.60 Å². The predicted octanol–water partition coefficient (Wildman–Crippen LogP) is 5.03.